The molecule has 1 aliphatic carbocycles. The highest BCUT2D eigenvalue weighted by Crippen LogP contribution is 2.23. The third-order valence-electron chi connectivity index (χ3n) is 2.89. The maximum atomic E-state index is 11.7. The van der Waals surface area contributed by atoms with Gasteiger partial charge in [0, 0.05) is 6.04 Å². The Labute approximate surface area is 89.0 Å². The van der Waals surface area contributed by atoms with Gasteiger partial charge in [-0.1, -0.05) is 12.8 Å². The van der Waals surface area contributed by atoms with Crippen LogP contribution in [-0.2, 0) is 9.59 Å². The average molecular weight is 214 g/mol. The zero-order chi connectivity index (χ0) is 11.4. The molecule has 1 rings (SSSR count). The van der Waals surface area contributed by atoms with Gasteiger partial charge in [-0.25, -0.2) is 0 Å². The summed E-state index contributed by atoms with van der Waals surface area (Å²) in [5.74, 6) is -1.47. The molecule has 3 unspecified atom stereocenters. The summed E-state index contributed by atoms with van der Waals surface area (Å²) in [7, 11) is 0. The van der Waals surface area contributed by atoms with Crippen molar-refractivity contribution in [3.8, 4) is 0 Å². The molecule has 15 heavy (non-hydrogen) atoms. The molecular weight excluding hydrogens is 196 g/mol. The lowest BCUT2D eigenvalue weighted by Gasteiger charge is -2.28. The highest BCUT2D eigenvalue weighted by Gasteiger charge is 2.29. The van der Waals surface area contributed by atoms with Gasteiger partial charge in [0.1, 0.15) is 6.04 Å². The Morgan fingerprint density at radius 1 is 1.40 bits per heavy atom. The smallest absolute Gasteiger partial charge is 0.325 e. The normalized spacial score (nSPS) is 28.1. The SMILES string of the molecule is CC(NC(=O)C1CCCCC1N)C(=O)O. The van der Waals surface area contributed by atoms with Crippen LogP contribution in [0.3, 0.4) is 0 Å². The summed E-state index contributed by atoms with van der Waals surface area (Å²) in [5.41, 5.74) is 5.82. The second-order valence-corrected chi connectivity index (χ2v) is 4.12. The fraction of sp³-hybridized carbons (Fsp3) is 0.800. The summed E-state index contributed by atoms with van der Waals surface area (Å²) in [6.07, 6.45) is 3.66. The standard InChI is InChI=1S/C10H18N2O3/c1-6(10(14)15)12-9(13)7-4-2-3-5-8(7)11/h6-8H,2-5,11H2,1H3,(H,12,13)(H,14,15). The van der Waals surface area contributed by atoms with Gasteiger partial charge in [-0.05, 0) is 19.8 Å². The number of carbonyl (C=O) groups is 2. The van der Waals surface area contributed by atoms with Crippen LogP contribution in [0.1, 0.15) is 32.6 Å². The van der Waals surface area contributed by atoms with E-state index in [1.54, 1.807) is 0 Å². The molecule has 1 fully saturated rings. The first-order valence-electron chi connectivity index (χ1n) is 5.31. The highest BCUT2D eigenvalue weighted by atomic mass is 16.4. The molecule has 0 radical (unpaired) electrons. The second kappa shape index (κ2) is 5.11. The zero-order valence-electron chi connectivity index (χ0n) is 8.90. The van der Waals surface area contributed by atoms with Crippen LogP contribution in [0.4, 0.5) is 0 Å². The number of aliphatic carboxylic acids is 1. The first kappa shape index (κ1) is 12.0. The molecule has 5 heteroatoms. The molecular formula is C10H18N2O3. The molecule has 0 spiro atoms. The van der Waals surface area contributed by atoms with Crippen molar-refractivity contribution in [3.05, 3.63) is 0 Å². The fourth-order valence-corrected chi connectivity index (χ4v) is 1.87. The van der Waals surface area contributed by atoms with Crippen LogP contribution in [0.2, 0.25) is 0 Å². The summed E-state index contributed by atoms with van der Waals surface area (Å²) in [5, 5.41) is 11.1. The maximum absolute atomic E-state index is 11.7. The molecule has 1 amide bonds. The number of nitrogens with one attached hydrogen (secondary N) is 1. The van der Waals surface area contributed by atoms with Crippen LogP contribution in [0.5, 0.6) is 0 Å². The molecule has 0 saturated heterocycles. The maximum Gasteiger partial charge on any atom is 0.325 e. The minimum absolute atomic E-state index is 0.125. The molecule has 0 aromatic carbocycles. The number of carboxylic acid groups (broad SMARTS) is 1. The Morgan fingerprint density at radius 3 is 2.53 bits per heavy atom. The van der Waals surface area contributed by atoms with Gasteiger partial charge in [-0.2, -0.15) is 0 Å². The van der Waals surface area contributed by atoms with Crippen LogP contribution in [-0.4, -0.2) is 29.1 Å². The van der Waals surface area contributed by atoms with Crippen molar-refractivity contribution >= 4 is 11.9 Å². The number of amides is 1. The first-order valence-corrected chi connectivity index (χ1v) is 5.31. The number of nitrogens with two attached hydrogens (primary N) is 1. The molecule has 1 saturated carbocycles. The molecule has 4 N–H and O–H groups in total. The lowest BCUT2D eigenvalue weighted by molar-refractivity contribution is -0.142. The second-order valence-electron chi connectivity index (χ2n) is 4.12. The Kier molecular flexibility index (Phi) is 4.08. The molecule has 3 atom stereocenters. The third-order valence-corrected chi connectivity index (χ3v) is 2.89. The van der Waals surface area contributed by atoms with E-state index in [1.165, 1.54) is 6.92 Å². The van der Waals surface area contributed by atoms with Gasteiger partial charge < -0.3 is 16.2 Å². The summed E-state index contributed by atoms with van der Waals surface area (Å²) in [4.78, 5) is 22.2. The van der Waals surface area contributed by atoms with Gasteiger partial charge in [-0.15, -0.1) is 0 Å². The van der Waals surface area contributed by atoms with Crippen molar-refractivity contribution in [2.24, 2.45) is 11.7 Å². The Balaban J connectivity index is 2.48. The van der Waals surface area contributed by atoms with Gasteiger partial charge >= 0.3 is 5.97 Å². The van der Waals surface area contributed by atoms with Crippen molar-refractivity contribution in [1.82, 2.24) is 5.32 Å². The van der Waals surface area contributed by atoms with Crippen LogP contribution >= 0.6 is 0 Å². The van der Waals surface area contributed by atoms with Gasteiger partial charge in [0.2, 0.25) is 5.91 Å². The monoisotopic (exact) mass is 214 g/mol. The quantitative estimate of drug-likeness (QED) is 0.621. The molecule has 0 aromatic heterocycles. The largest absolute Gasteiger partial charge is 0.480 e. The molecule has 86 valence electrons. The summed E-state index contributed by atoms with van der Waals surface area (Å²) < 4.78 is 0. The van der Waals surface area contributed by atoms with E-state index in [1.807, 2.05) is 0 Å². The third kappa shape index (κ3) is 3.20. The molecule has 5 nitrogen and oxygen atoms in total. The average Bonchev–Trinajstić information content (AvgIpc) is 2.18. The van der Waals surface area contributed by atoms with Crippen molar-refractivity contribution in [2.75, 3.05) is 0 Å². The number of hydrogen-bond acceptors (Lipinski definition) is 3. The lowest BCUT2D eigenvalue weighted by Crippen LogP contribution is -2.48. The van der Waals surface area contributed by atoms with E-state index in [0.29, 0.717) is 0 Å². The number of rotatable bonds is 3. The minimum atomic E-state index is -1.02. The molecule has 0 heterocycles. The van der Waals surface area contributed by atoms with Crippen LogP contribution in [0.15, 0.2) is 0 Å². The summed E-state index contributed by atoms with van der Waals surface area (Å²) in [6.45, 7) is 1.45. The van der Waals surface area contributed by atoms with Crippen LogP contribution in [0, 0.1) is 5.92 Å². The lowest BCUT2D eigenvalue weighted by atomic mass is 9.84. The first-order chi connectivity index (χ1) is 7.02. The van der Waals surface area contributed by atoms with Gasteiger partial charge in [0.25, 0.3) is 0 Å². The molecule has 1 aliphatic rings. The molecule has 0 aliphatic heterocycles. The summed E-state index contributed by atoms with van der Waals surface area (Å²) >= 11 is 0. The van der Waals surface area contributed by atoms with Crippen molar-refractivity contribution < 1.29 is 14.7 Å². The van der Waals surface area contributed by atoms with E-state index >= 15 is 0 Å². The molecule has 0 aromatic rings. The van der Waals surface area contributed by atoms with E-state index in [9.17, 15) is 9.59 Å². The van der Waals surface area contributed by atoms with Crippen molar-refractivity contribution in [1.29, 1.82) is 0 Å². The number of hydrogen-bond donors (Lipinski definition) is 3. The number of carbonyl (C=O) groups excluding carboxylic acids is 1. The summed E-state index contributed by atoms with van der Waals surface area (Å²) in [6, 6.07) is -0.966. The van der Waals surface area contributed by atoms with E-state index in [0.717, 1.165) is 25.7 Å². The number of carboxylic acids is 1. The van der Waals surface area contributed by atoms with Crippen molar-refractivity contribution in [2.45, 2.75) is 44.7 Å². The molecule has 0 bridgehead atoms. The minimum Gasteiger partial charge on any atom is -0.480 e. The topological polar surface area (TPSA) is 92.4 Å². The van der Waals surface area contributed by atoms with Crippen molar-refractivity contribution in [3.63, 3.8) is 0 Å². The van der Waals surface area contributed by atoms with E-state index in [4.69, 9.17) is 10.8 Å². The Hall–Kier alpha value is -1.10. The van der Waals surface area contributed by atoms with Crippen LogP contribution in [0.25, 0.3) is 0 Å². The zero-order valence-corrected chi connectivity index (χ0v) is 8.90. The van der Waals surface area contributed by atoms with Gasteiger partial charge in [0.05, 0.1) is 5.92 Å². The Morgan fingerprint density at radius 2 is 2.00 bits per heavy atom. The van der Waals surface area contributed by atoms with E-state index in [-0.39, 0.29) is 17.9 Å². The van der Waals surface area contributed by atoms with E-state index < -0.39 is 12.0 Å². The van der Waals surface area contributed by atoms with Crippen LogP contribution < -0.4 is 11.1 Å². The van der Waals surface area contributed by atoms with Gasteiger partial charge in [0.15, 0.2) is 0 Å². The fourth-order valence-electron chi connectivity index (χ4n) is 1.87. The van der Waals surface area contributed by atoms with Gasteiger partial charge in [-0.3, -0.25) is 9.59 Å². The predicted molar refractivity (Wildman–Crippen MR) is 55.2 cm³/mol. The van der Waals surface area contributed by atoms with E-state index in [2.05, 4.69) is 5.32 Å². The Bertz CT molecular complexity index is 255. The predicted octanol–water partition coefficient (Wildman–Crippen LogP) is 0.0932. The highest BCUT2D eigenvalue weighted by molar-refractivity contribution is 5.85.